The molecule has 0 spiro atoms. The van der Waals surface area contributed by atoms with Crippen molar-refractivity contribution in [3.05, 3.63) is 10.7 Å². The van der Waals surface area contributed by atoms with Gasteiger partial charge in [-0.3, -0.25) is 0 Å². The molecule has 5 N–H and O–H groups in total. The van der Waals surface area contributed by atoms with Gasteiger partial charge in [0.15, 0.2) is 0 Å². The Labute approximate surface area is 115 Å². The predicted octanol–water partition coefficient (Wildman–Crippen LogP) is 1.09. The lowest BCUT2D eigenvalue weighted by Gasteiger charge is -2.40. The Hall–Kier alpha value is -1.60. The first kappa shape index (κ1) is 13.8. The van der Waals surface area contributed by atoms with Gasteiger partial charge in [-0.15, -0.1) is 0 Å². The van der Waals surface area contributed by atoms with Gasteiger partial charge < -0.3 is 21.4 Å². The Bertz CT molecular complexity index is 485. The van der Waals surface area contributed by atoms with Gasteiger partial charge in [0.2, 0.25) is 5.95 Å². The molecule has 0 saturated heterocycles. The number of rotatable bonds is 5. The van der Waals surface area contributed by atoms with Crippen molar-refractivity contribution in [2.45, 2.75) is 19.3 Å². The summed E-state index contributed by atoms with van der Waals surface area (Å²) in [7, 11) is 0. The fourth-order valence-electron chi connectivity index (χ4n) is 2.10. The van der Waals surface area contributed by atoms with Crippen LogP contribution in [0.1, 0.15) is 24.8 Å². The van der Waals surface area contributed by atoms with E-state index in [1.54, 1.807) is 0 Å². The van der Waals surface area contributed by atoms with Crippen LogP contribution in [0.3, 0.4) is 0 Å². The highest BCUT2D eigenvalue weighted by Gasteiger charge is 2.36. The number of hydrogen-bond acceptors (Lipinski definition) is 7. The van der Waals surface area contributed by atoms with Crippen LogP contribution in [0.2, 0.25) is 5.15 Å². The highest BCUT2D eigenvalue weighted by Crippen LogP contribution is 2.40. The third kappa shape index (κ3) is 2.87. The van der Waals surface area contributed by atoms with Crippen molar-refractivity contribution in [3.8, 4) is 0 Å². The van der Waals surface area contributed by atoms with E-state index in [1.165, 1.54) is 0 Å². The maximum absolute atomic E-state index is 9.41. The number of nitrogens with one attached hydrogen (secondary N) is 1. The number of oxime groups is 1. The molecule has 104 valence electrons. The summed E-state index contributed by atoms with van der Waals surface area (Å²) in [6.07, 6.45) is 4.19. The largest absolute Gasteiger partial charge is 0.411 e. The molecule has 0 unspecified atom stereocenters. The molecule has 1 aliphatic carbocycles. The van der Waals surface area contributed by atoms with E-state index in [-0.39, 0.29) is 23.1 Å². The average molecular weight is 286 g/mol. The van der Waals surface area contributed by atoms with Crippen LogP contribution in [0.25, 0.3) is 0 Å². The van der Waals surface area contributed by atoms with Crippen molar-refractivity contribution in [2.75, 3.05) is 24.2 Å². The van der Waals surface area contributed by atoms with Crippen LogP contribution in [0, 0.1) is 5.41 Å². The number of hydrogen-bond donors (Lipinski definition) is 4. The molecule has 8 heteroatoms. The Morgan fingerprint density at radius 3 is 2.74 bits per heavy atom. The summed E-state index contributed by atoms with van der Waals surface area (Å²) >= 11 is 5.92. The van der Waals surface area contributed by atoms with E-state index < -0.39 is 0 Å². The lowest BCUT2D eigenvalue weighted by Crippen LogP contribution is -2.40. The Kier molecular flexibility index (Phi) is 4.06. The van der Waals surface area contributed by atoms with E-state index in [1.807, 2.05) is 0 Å². The van der Waals surface area contributed by atoms with Gasteiger partial charge in [-0.1, -0.05) is 23.2 Å². The van der Waals surface area contributed by atoms with Gasteiger partial charge in [0.25, 0.3) is 0 Å². The minimum absolute atomic E-state index is 0.0363. The van der Waals surface area contributed by atoms with Crippen LogP contribution in [0.15, 0.2) is 5.16 Å². The zero-order valence-corrected chi connectivity index (χ0v) is 11.1. The number of halogens is 1. The summed E-state index contributed by atoms with van der Waals surface area (Å²) in [4.78, 5) is 7.83. The van der Waals surface area contributed by atoms with Gasteiger partial charge in [0, 0.05) is 12.0 Å². The van der Waals surface area contributed by atoms with Crippen molar-refractivity contribution < 1.29 is 10.3 Å². The van der Waals surface area contributed by atoms with Crippen LogP contribution < -0.4 is 11.1 Å². The molecule has 1 aromatic rings. The lowest BCUT2D eigenvalue weighted by molar-refractivity contribution is 0.0576. The second-order valence-corrected chi connectivity index (χ2v) is 5.10. The highest BCUT2D eigenvalue weighted by molar-refractivity contribution is 6.32. The number of aliphatic hydroxyl groups excluding tert-OH is 1. The van der Waals surface area contributed by atoms with Crippen molar-refractivity contribution in [1.82, 2.24) is 9.97 Å². The van der Waals surface area contributed by atoms with Crippen LogP contribution >= 0.6 is 11.6 Å². The topological polar surface area (TPSA) is 117 Å². The fraction of sp³-hybridized carbons (Fsp3) is 0.545. The summed E-state index contributed by atoms with van der Waals surface area (Å²) in [5.74, 6) is 0.435. The minimum Gasteiger partial charge on any atom is -0.411 e. The first-order chi connectivity index (χ1) is 9.10. The van der Waals surface area contributed by atoms with Gasteiger partial charge in [-0.2, -0.15) is 4.98 Å². The van der Waals surface area contributed by atoms with Crippen molar-refractivity contribution in [3.63, 3.8) is 0 Å². The third-order valence-electron chi connectivity index (χ3n) is 3.48. The average Bonchev–Trinajstić information content (AvgIpc) is 2.32. The molecule has 1 aromatic heterocycles. The zero-order chi connectivity index (χ0) is 13.9. The van der Waals surface area contributed by atoms with Crippen LogP contribution in [-0.4, -0.2) is 39.6 Å². The second-order valence-electron chi connectivity index (χ2n) is 4.74. The Morgan fingerprint density at radius 1 is 1.47 bits per heavy atom. The molecule has 7 nitrogen and oxygen atoms in total. The van der Waals surface area contributed by atoms with E-state index in [2.05, 4.69) is 20.4 Å². The smallest absolute Gasteiger partial charge is 0.223 e. The number of aromatic nitrogens is 2. The van der Waals surface area contributed by atoms with E-state index in [0.717, 1.165) is 25.5 Å². The number of nitrogens with two attached hydrogens (primary N) is 1. The van der Waals surface area contributed by atoms with E-state index >= 15 is 0 Å². The van der Waals surface area contributed by atoms with Crippen molar-refractivity contribution in [1.29, 1.82) is 0 Å². The van der Waals surface area contributed by atoms with Crippen LogP contribution in [0.4, 0.5) is 11.8 Å². The molecule has 19 heavy (non-hydrogen) atoms. The summed E-state index contributed by atoms with van der Waals surface area (Å²) in [6, 6.07) is 0. The molecule has 0 aliphatic heterocycles. The summed E-state index contributed by atoms with van der Waals surface area (Å²) in [5.41, 5.74) is 5.79. The number of anilines is 2. The monoisotopic (exact) mass is 285 g/mol. The molecule has 0 amide bonds. The first-order valence-corrected chi connectivity index (χ1v) is 6.33. The molecule has 0 bridgehead atoms. The lowest BCUT2D eigenvalue weighted by atomic mass is 9.69. The van der Waals surface area contributed by atoms with Gasteiger partial charge in [-0.05, 0) is 12.8 Å². The summed E-state index contributed by atoms with van der Waals surface area (Å²) in [6.45, 7) is 0.681. The fourth-order valence-corrected chi connectivity index (χ4v) is 2.33. The molecule has 0 atom stereocenters. The molecule has 2 rings (SSSR count). The number of nitrogens with zero attached hydrogens (tertiary/aromatic N) is 3. The minimum atomic E-state index is -0.111. The maximum atomic E-state index is 9.41. The molecule has 1 heterocycles. The summed E-state index contributed by atoms with van der Waals surface area (Å²) in [5, 5.41) is 24.2. The molecule has 0 aromatic carbocycles. The molecule has 1 aliphatic rings. The van der Waals surface area contributed by atoms with Crippen LogP contribution in [-0.2, 0) is 0 Å². The van der Waals surface area contributed by atoms with E-state index in [9.17, 15) is 5.11 Å². The molecule has 1 fully saturated rings. The van der Waals surface area contributed by atoms with E-state index in [4.69, 9.17) is 22.5 Å². The SMILES string of the molecule is Nc1nc(Cl)c(/C=N\O)c(NCC2(CO)CCC2)n1. The second kappa shape index (κ2) is 5.58. The van der Waals surface area contributed by atoms with Crippen molar-refractivity contribution >= 4 is 29.6 Å². The quantitative estimate of drug-likeness (QED) is 0.278. The number of aliphatic hydroxyl groups is 1. The summed E-state index contributed by atoms with van der Waals surface area (Å²) < 4.78 is 0. The molecular formula is C11H16ClN5O2. The molecule has 0 radical (unpaired) electrons. The normalized spacial score (nSPS) is 17.4. The van der Waals surface area contributed by atoms with Gasteiger partial charge in [0.05, 0.1) is 18.4 Å². The number of nitrogen functional groups attached to an aromatic ring is 1. The standard InChI is InChI=1S/C11H16ClN5O2/c12-8-7(4-15-19)9(17-10(13)16-8)14-5-11(6-18)2-1-3-11/h4,18-19H,1-3,5-6H2,(H3,13,14,16,17)/b15-4-. The maximum Gasteiger partial charge on any atom is 0.223 e. The van der Waals surface area contributed by atoms with Crippen LogP contribution in [0.5, 0.6) is 0 Å². The Balaban J connectivity index is 2.19. The molecule has 1 saturated carbocycles. The van der Waals surface area contributed by atoms with Gasteiger partial charge in [-0.25, -0.2) is 4.98 Å². The highest BCUT2D eigenvalue weighted by atomic mass is 35.5. The predicted molar refractivity (Wildman–Crippen MR) is 72.7 cm³/mol. The molecular weight excluding hydrogens is 270 g/mol. The van der Waals surface area contributed by atoms with E-state index in [0.29, 0.717) is 17.9 Å². The first-order valence-electron chi connectivity index (χ1n) is 5.95. The van der Waals surface area contributed by atoms with Crippen molar-refractivity contribution in [2.24, 2.45) is 10.6 Å². The van der Waals surface area contributed by atoms with Gasteiger partial charge in [0.1, 0.15) is 11.0 Å². The third-order valence-corrected chi connectivity index (χ3v) is 3.77. The Morgan fingerprint density at radius 2 is 2.21 bits per heavy atom. The zero-order valence-electron chi connectivity index (χ0n) is 10.3. The van der Waals surface area contributed by atoms with Gasteiger partial charge >= 0.3 is 0 Å².